The number of alkyl halides is 1. The predicted octanol–water partition coefficient (Wildman–Crippen LogP) is 4.68. The molecule has 0 unspecified atom stereocenters. The summed E-state index contributed by atoms with van der Waals surface area (Å²) < 4.78 is 35.1. The fourth-order valence-corrected chi connectivity index (χ4v) is 5.56. The van der Waals surface area contributed by atoms with Crippen LogP contribution in [0.3, 0.4) is 0 Å². The van der Waals surface area contributed by atoms with Crippen LogP contribution in [-0.4, -0.2) is 65.6 Å². The second kappa shape index (κ2) is 11.3. The number of amides is 2. The van der Waals surface area contributed by atoms with Gasteiger partial charge >= 0.3 is 0 Å². The molecule has 1 atom stereocenters. The van der Waals surface area contributed by atoms with Crippen LogP contribution in [0.5, 0.6) is 5.75 Å². The molecule has 2 amide bonds. The van der Waals surface area contributed by atoms with Gasteiger partial charge in [-0.1, -0.05) is 6.07 Å². The molecule has 2 aliphatic heterocycles. The first-order chi connectivity index (χ1) is 18.4. The largest absolute Gasteiger partial charge is 0.493 e. The Morgan fingerprint density at radius 2 is 1.90 bits per heavy atom. The van der Waals surface area contributed by atoms with E-state index in [-0.39, 0.29) is 5.56 Å². The topological polar surface area (TPSA) is 99.7 Å². The molecule has 2 fully saturated rings. The molecule has 39 heavy (non-hydrogen) atoms. The normalized spacial score (nSPS) is 20.6. The maximum atomic E-state index is 15.2. The van der Waals surface area contributed by atoms with Crippen LogP contribution < -0.4 is 10.5 Å². The van der Waals surface area contributed by atoms with Crippen molar-refractivity contribution in [3.05, 3.63) is 53.3 Å². The average molecular weight is 539 g/mol. The lowest BCUT2D eigenvalue weighted by Crippen LogP contribution is -2.54. The number of piperidine rings is 1. The highest BCUT2D eigenvalue weighted by Crippen LogP contribution is 2.33. The zero-order chi connectivity index (χ0) is 28.4. The fourth-order valence-electron chi connectivity index (χ4n) is 5.56. The summed E-state index contributed by atoms with van der Waals surface area (Å²) in [4.78, 5) is 28.5. The predicted molar refractivity (Wildman–Crippen MR) is 144 cm³/mol. The van der Waals surface area contributed by atoms with Gasteiger partial charge in [-0.2, -0.15) is 5.26 Å². The zero-order valence-electron chi connectivity index (χ0n) is 22.8. The van der Waals surface area contributed by atoms with Crippen LogP contribution in [0, 0.1) is 23.1 Å². The van der Waals surface area contributed by atoms with Gasteiger partial charge in [-0.05, 0) is 107 Å². The van der Waals surface area contributed by atoms with E-state index in [1.807, 2.05) is 0 Å². The Morgan fingerprint density at radius 1 is 1.18 bits per heavy atom. The first-order valence-corrected chi connectivity index (χ1v) is 13.4. The summed E-state index contributed by atoms with van der Waals surface area (Å²) in [6.45, 7) is 7.70. The summed E-state index contributed by atoms with van der Waals surface area (Å²) in [5, 5.41) is 9.77. The first-order valence-electron chi connectivity index (χ1n) is 13.4. The minimum absolute atomic E-state index is 0.146. The highest BCUT2D eigenvalue weighted by Gasteiger charge is 2.45. The molecule has 4 rings (SSSR count). The fraction of sp³-hybridized carbons (Fsp3) is 0.500. The molecule has 0 aliphatic carbocycles. The third-order valence-corrected chi connectivity index (χ3v) is 7.83. The van der Waals surface area contributed by atoms with Gasteiger partial charge in [0.15, 0.2) is 0 Å². The van der Waals surface area contributed by atoms with Crippen molar-refractivity contribution in [1.29, 1.82) is 5.26 Å². The Bertz CT molecular complexity index is 1280. The SMILES string of the molecule is CC(C)(F)CN1CCC(COc2ccc(-c3ccc(C(=O)N4CCC[C@@]4(C)C(N)=O)c(F)c3)c(C#N)c2)CC1. The number of halogens is 2. The van der Waals surface area contributed by atoms with Crippen molar-refractivity contribution in [1.82, 2.24) is 9.80 Å². The number of nitrogens with two attached hydrogens (primary N) is 1. The Balaban J connectivity index is 1.42. The summed E-state index contributed by atoms with van der Waals surface area (Å²) in [5.41, 5.74) is 4.33. The van der Waals surface area contributed by atoms with Gasteiger partial charge < -0.3 is 20.3 Å². The van der Waals surface area contributed by atoms with Gasteiger partial charge in [-0.15, -0.1) is 0 Å². The van der Waals surface area contributed by atoms with E-state index in [1.165, 1.54) is 17.0 Å². The number of nitriles is 1. The number of primary amides is 1. The number of carbonyl (C=O) groups is 2. The third-order valence-electron chi connectivity index (χ3n) is 7.83. The minimum Gasteiger partial charge on any atom is -0.493 e. The standard InChI is InChI=1S/C30H36F2N4O3/c1-29(2,32)19-35-13-9-20(10-14-35)18-39-23-6-8-24(22(15-23)17-33)21-5-7-25(26(31)16-21)27(37)36-12-4-11-30(36,3)28(34)38/h5-8,15-16,20H,4,9-14,18-19H2,1-3H3,(H2,34,38)/t30-/m0/s1. The van der Waals surface area contributed by atoms with E-state index in [2.05, 4.69) is 11.0 Å². The second-order valence-corrected chi connectivity index (χ2v) is 11.5. The highest BCUT2D eigenvalue weighted by atomic mass is 19.1. The molecule has 2 aromatic rings. The number of hydrogen-bond acceptors (Lipinski definition) is 5. The summed E-state index contributed by atoms with van der Waals surface area (Å²) in [5.74, 6) is -1.03. The van der Waals surface area contributed by atoms with Crippen molar-refractivity contribution in [3.63, 3.8) is 0 Å². The Morgan fingerprint density at radius 3 is 2.51 bits per heavy atom. The molecule has 0 spiro atoms. The molecule has 9 heteroatoms. The molecular formula is C30H36F2N4O3. The third kappa shape index (κ3) is 6.39. The molecule has 2 heterocycles. The summed E-state index contributed by atoms with van der Waals surface area (Å²) >= 11 is 0. The van der Waals surface area contributed by atoms with E-state index < -0.39 is 28.8 Å². The first kappa shape index (κ1) is 28.5. The molecule has 0 bridgehead atoms. The number of carbonyl (C=O) groups excluding carboxylic acids is 2. The number of nitrogens with zero attached hydrogens (tertiary/aromatic N) is 3. The van der Waals surface area contributed by atoms with Crippen LogP contribution in [0.25, 0.3) is 11.1 Å². The quantitative estimate of drug-likeness (QED) is 0.526. The zero-order valence-corrected chi connectivity index (χ0v) is 22.8. The van der Waals surface area contributed by atoms with Gasteiger partial charge in [-0.25, -0.2) is 8.78 Å². The molecule has 208 valence electrons. The van der Waals surface area contributed by atoms with Gasteiger partial charge in [0.2, 0.25) is 5.91 Å². The van der Waals surface area contributed by atoms with Gasteiger partial charge in [0.05, 0.1) is 23.8 Å². The number of rotatable bonds is 8. The van der Waals surface area contributed by atoms with Gasteiger partial charge in [0.1, 0.15) is 22.8 Å². The van der Waals surface area contributed by atoms with Crippen molar-refractivity contribution in [2.75, 3.05) is 32.8 Å². The van der Waals surface area contributed by atoms with Gasteiger partial charge in [-0.3, -0.25) is 9.59 Å². The van der Waals surface area contributed by atoms with Crippen molar-refractivity contribution in [3.8, 4) is 22.9 Å². The van der Waals surface area contributed by atoms with Crippen LogP contribution in [0.2, 0.25) is 0 Å². The van der Waals surface area contributed by atoms with Crippen LogP contribution in [0.1, 0.15) is 62.4 Å². The number of hydrogen-bond donors (Lipinski definition) is 1. The second-order valence-electron chi connectivity index (χ2n) is 11.5. The van der Waals surface area contributed by atoms with Gasteiger partial charge in [0.25, 0.3) is 5.91 Å². The lowest BCUT2D eigenvalue weighted by Gasteiger charge is -2.34. The van der Waals surface area contributed by atoms with Crippen LogP contribution >= 0.6 is 0 Å². The van der Waals surface area contributed by atoms with Crippen LogP contribution in [0.15, 0.2) is 36.4 Å². The van der Waals surface area contributed by atoms with Crippen molar-refractivity contribution in [2.45, 2.75) is 57.7 Å². The van der Waals surface area contributed by atoms with E-state index in [9.17, 15) is 19.2 Å². The smallest absolute Gasteiger partial charge is 0.257 e. The minimum atomic E-state index is -1.21. The average Bonchev–Trinajstić information content (AvgIpc) is 3.29. The van der Waals surface area contributed by atoms with E-state index in [1.54, 1.807) is 45.0 Å². The summed E-state index contributed by atoms with van der Waals surface area (Å²) in [6, 6.07) is 11.5. The van der Waals surface area contributed by atoms with Crippen LogP contribution in [-0.2, 0) is 4.79 Å². The van der Waals surface area contributed by atoms with E-state index in [0.29, 0.717) is 60.9 Å². The number of likely N-dealkylation sites (tertiary alicyclic amines) is 2. The molecule has 0 radical (unpaired) electrons. The summed E-state index contributed by atoms with van der Waals surface area (Å²) in [6.07, 6.45) is 2.88. The molecule has 7 nitrogen and oxygen atoms in total. The number of ether oxygens (including phenoxy) is 1. The monoisotopic (exact) mass is 538 g/mol. The van der Waals surface area contributed by atoms with E-state index in [0.717, 1.165) is 25.9 Å². The maximum absolute atomic E-state index is 15.2. The van der Waals surface area contributed by atoms with Crippen molar-refractivity contribution < 1.29 is 23.1 Å². The van der Waals surface area contributed by atoms with Crippen LogP contribution in [0.4, 0.5) is 8.78 Å². The Hall–Kier alpha value is -3.51. The summed E-state index contributed by atoms with van der Waals surface area (Å²) in [7, 11) is 0. The maximum Gasteiger partial charge on any atom is 0.257 e. The van der Waals surface area contributed by atoms with Gasteiger partial charge in [0, 0.05) is 13.1 Å². The molecular weight excluding hydrogens is 502 g/mol. The number of benzene rings is 2. The highest BCUT2D eigenvalue weighted by molar-refractivity contribution is 5.99. The molecule has 2 saturated heterocycles. The van der Waals surface area contributed by atoms with Crippen molar-refractivity contribution in [2.24, 2.45) is 11.7 Å². The molecule has 2 aliphatic rings. The molecule has 2 N–H and O–H groups in total. The lowest BCUT2D eigenvalue weighted by molar-refractivity contribution is -0.126. The molecule has 2 aromatic carbocycles. The van der Waals surface area contributed by atoms with E-state index >= 15 is 4.39 Å². The Labute approximate surface area is 228 Å². The molecule has 0 aromatic heterocycles. The van der Waals surface area contributed by atoms with Crippen molar-refractivity contribution >= 4 is 11.8 Å². The van der Waals surface area contributed by atoms with E-state index in [4.69, 9.17) is 10.5 Å². The lowest BCUT2D eigenvalue weighted by atomic mass is 9.96. The molecule has 0 saturated carbocycles. The Kier molecular flexibility index (Phi) is 8.26.